The molecule has 7 nitrogen and oxygen atoms in total. The molecule has 0 radical (unpaired) electrons. The fourth-order valence-electron chi connectivity index (χ4n) is 2.61. The molecule has 0 amide bonds. The lowest BCUT2D eigenvalue weighted by Gasteiger charge is -2.20. The number of carbonyl (C=O) groups excluding carboxylic acids is 2. The second-order valence-corrected chi connectivity index (χ2v) is 7.41. The number of phenolic OH excluding ortho intramolecular Hbond substituents is 2. The van der Waals surface area contributed by atoms with Gasteiger partial charge in [0.15, 0.2) is 11.6 Å². The number of Topliss-reactive ketones (excluding diaryl/α,β-unsaturated/α-hetero) is 1. The highest BCUT2D eigenvalue weighted by molar-refractivity contribution is 7.11. The first-order valence-corrected chi connectivity index (χ1v) is 9.45. The van der Waals surface area contributed by atoms with E-state index in [4.69, 9.17) is 5.11 Å². The smallest absolute Gasteiger partial charge is 0.345 e. The third kappa shape index (κ3) is 5.18. The molecule has 0 fully saturated rings. The number of rotatable bonds is 4. The third-order valence-corrected chi connectivity index (χ3v) is 4.88. The number of hydrogen-bond acceptors (Lipinski definition) is 7. The largest absolute Gasteiger partial charge is 0.507 e. The molecular formula is C21H20O7S. The molecule has 0 bridgehead atoms. The van der Waals surface area contributed by atoms with Crippen LogP contribution >= 0.6 is 11.3 Å². The number of phenols is 2. The average Bonchev–Trinajstić information content (AvgIpc) is 3.20. The van der Waals surface area contributed by atoms with E-state index in [9.17, 15) is 29.7 Å². The van der Waals surface area contributed by atoms with E-state index in [2.05, 4.69) is 0 Å². The van der Waals surface area contributed by atoms with Gasteiger partial charge < -0.3 is 20.4 Å². The quantitative estimate of drug-likeness (QED) is 0.442. The van der Waals surface area contributed by atoms with Crippen molar-refractivity contribution in [3.63, 3.8) is 0 Å². The Morgan fingerprint density at radius 2 is 1.72 bits per heavy atom. The Kier molecular flexibility index (Phi) is 7.08. The van der Waals surface area contributed by atoms with Crippen molar-refractivity contribution < 1.29 is 34.8 Å². The fourth-order valence-corrected chi connectivity index (χ4v) is 3.17. The summed E-state index contributed by atoms with van der Waals surface area (Å²) in [6.07, 6.45) is 1.84. The first-order valence-electron chi connectivity index (χ1n) is 8.57. The molecule has 4 N–H and O–H groups in total. The zero-order chi connectivity index (χ0) is 21.7. The summed E-state index contributed by atoms with van der Waals surface area (Å²) in [4.78, 5) is 34.8. The topological polar surface area (TPSA) is 132 Å². The summed E-state index contributed by atoms with van der Waals surface area (Å²) in [6, 6.07) is 5.59. The molecule has 0 spiro atoms. The molecule has 1 aromatic carbocycles. The van der Waals surface area contributed by atoms with Gasteiger partial charge in [-0.3, -0.25) is 9.59 Å². The first-order chi connectivity index (χ1) is 13.6. The van der Waals surface area contributed by atoms with Gasteiger partial charge in [-0.05, 0) is 49.9 Å². The van der Waals surface area contributed by atoms with Crippen LogP contribution < -0.4 is 0 Å². The van der Waals surface area contributed by atoms with Crippen LogP contribution in [0.3, 0.4) is 0 Å². The third-order valence-electron chi connectivity index (χ3n) is 4.02. The summed E-state index contributed by atoms with van der Waals surface area (Å²) in [5, 5.41) is 39.6. The molecule has 1 aromatic heterocycles. The van der Waals surface area contributed by atoms with Gasteiger partial charge in [-0.2, -0.15) is 0 Å². The van der Waals surface area contributed by atoms with E-state index in [-0.39, 0.29) is 34.6 Å². The normalized spacial score (nSPS) is 13.6. The van der Waals surface area contributed by atoms with Crippen LogP contribution in [0.5, 0.6) is 11.5 Å². The van der Waals surface area contributed by atoms with Gasteiger partial charge in [0.05, 0.1) is 17.2 Å². The zero-order valence-corrected chi connectivity index (χ0v) is 16.6. The number of carboxylic acids is 1. The number of aliphatic hydroxyl groups excluding tert-OH is 1. The Morgan fingerprint density at radius 1 is 1.10 bits per heavy atom. The molecule has 1 aliphatic carbocycles. The van der Waals surface area contributed by atoms with E-state index in [1.807, 2.05) is 13.8 Å². The minimum Gasteiger partial charge on any atom is -0.507 e. The maximum Gasteiger partial charge on any atom is 0.345 e. The Morgan fingerprint density at radius 3 is 2.21 bits per heavy atom. The van der Waals surface area contributed by atoms with Gasteiger partial charge in [0, 0.05) is 5.57 Å². The molecule has 0 aliphatic heterocycles. The summed E-state index contributed by atoms with van der Waals surface area (Å²) in [5.41, 5.74) is 0.419. The molecule has 0 saturated heterocycles. The molecule has 29 heavy (non-hydrogen) atoms. The lowest BCUT2D eigenvalue weighted by molar-refractivity contribution is 0.0701. The van der Waals surface area contributed by atoms with Crippen molar-refractivity contribution in [3.8, 4) is 11.5 Å². The number of carboxylic acid groups (broad SMARTS) is 1. The summed E-state index contributed by atoms with van der Waals surface area (Å²) < 4.78 is 0. The summed E-state index contributed by atoms with van der Waals surface area (Å²) >= 11 is 1.23. The molecule has 1 atom stereocenters. The SMILES string of the molecule is CC(C)=CC[C@@H](O)C1=CC(=O)c2c(O)ccc(O)c2C1=O.O=C(O)c1cccs1. The van der Waals surface area contributed by atoms with Gasteiger partial charge in [-0.15, -0.1) is 11.3 Å². The van der Waals surface area contributed by atoms with Crippen molar-refractivity contribution in [1.29, 1.82) is 0 Å². The van der Waals surface area contributed by atoms with Crippen molar-refractivity contribution >= 4 is 28.9 Å². The van der Waals surface area contributed by atoms with E-state index in [0.717, 1.165) is 23.8 Å². The van der Waals surface area contributed by atoms with E-state index >= 15 is 0 Å². The maximum absolute atomic E-state index is 12.3. The van der Waals surface area contributed by atoms with Crippen LogP contribution in [0.25, 0.3) is 0 Å². The molecule has 1 heterocycles. The molecule has 1 aliphatic rings. The zero-order valence-electron chi connectivity index (χ0n) is 15.7. The standard InChI is InChI=1S/C16H16O5.C5H4O2S/c1-8(2)3-4-10(17)9-7-13(20)14-11(18)5-6-12(19)15(14)16(9)21;6-5(7)4-2-1-3-8-4/h3,5-7,10,17-19H,4H2,1-2H3;1-3H,(H,6,7)/t10-;/m1./s1. The monoisotopic (exact) mass is 416 g/mol. The number of ketones is 2. The molecular weight excluding hydrogens is 396 g/mol. The van der Waals surface area contributed by atoms with E-state index in [0.29, 0.717) is 4.88 Å². The lowest BCUT2D eigenvalue weighted by atomic mass is 9.85. The van der Waals surface area contributed by atoms with Crippen LogP contribution in [-0.4, -0.2) is 44.1 Å². The Balaban J connectivity index is 0.000000313. The predicted octanol–water partition coefficient (Wildman–Crippen LogP) is 3.57. The fraction of sp³-hybridized carbons (Fsp3) is 0.190. The second-order valence-electron chi connectivity index (χ2n) is 6.46. The number of carbonyl (C=O) groups is 3. The van der Waals surface area contributed by atoms with Crippen LogP contribution in [0.4, 0.5) is 0 Å². The number of allylic oxidation sites excluding steroid dienone is 2. The lowest BCUT2D eigenvalue weighted by Crippen LogP contribution is -2.25. The molecule has 2 aromatic rings. The Bertz CT molecular complexity index is 996. The van der Waals surface area contributed by atoms with Crippen LogP contribution in [0.1, 0.15) is 50.7 Å². The number of thiophene rings is 1. The van der Waals surface area contributed by atoms with Crippen molar-refractivity contribution in [2.45, 2.75) is 26.4 Å². The molecule has 8 heteroatoms. The van der Waals surface area contributed by atoms with Crippen molar-refractivity contribution in [2.24, 2.45) is 0 Å². The molecule has 0 unspecified atom stereocenters. The van der Waals surface area contributed by atoms with Gasteiger partial charge in [0.25, 0.3) is 0 Å². The van der Waals surface area contributed by atoms with Crippen molar-refractivity contribution in [3.05, 3.63) is 68.9 Å². The highest BCUT2D eigenvalue weighted by Gasteiger charge is 2.33. The van der Waals surface area contributed by atoms with E-state index in [1.165, 1.54) is 11.3 Å². The number of fused-ring (bicyclic) bond motifs is 1. The van der Waals surface area contributed by atoms with Gasteiger partial charge in [-0.25, -0.2) is 4.79 Å². The highest BCUT2D eigenvalue weighted by atomic mass is 32.1. The number of aromatic carboxylic acids is 1. The van der Waals surface area contributed by atoms with Crippen LogP contribution in [0.15, 0.2) is 52.9 Å². The minimum absolute atomic E-state index is 0.0779. The minimum atomic E-state index is -1.13. The average molecular weight is 416 g/mol. The number of hydrogen-bond donors (Lipinski definition) is 4. The Hall–Kier alpha value is -3.23. The van der Waals surface area contributed by atoms with Gasteiger partial charge in [0.1, 0.15) is 16.4 Å². The Labute approximate surface area is 170 Å². The van der Waals surface area contributed by atoms with Crippen molar-refractivity contribution in [1.82, 2.24) is 0 Å². The predicted molar refractivity (Wildman–Crippen MR) is 108 cm³/mol. The van der Waals surface area contributed by atoms with Gasteiger partial charge >= 0.3 is 5.97 Å². The first kappa shape index (κ1) is 22.1. The number of aromatic hydroxyl groups is 2. The van der Waals surface area contributed by atoms with Crippen molar-refractivity contribution in [2.75, 3.05) is 0 Å². The maximum atomic E-state index is 12.3. The second kappa shape index (κ2) is 9.31. The number of aliphatic hydroxyl groups is 1. The van der Waals surface area contributed by atoms with E-state index < -0.39 is 23.6 Å². The molecule has 152 valence electrons. The van der Waals surface area contributed by atoms with Crippen LogP contribution in [0, 0.1) is 0 Å². The molecule has 3 rings (SSSR count). The summed E-state index contributed by atoms with van der Waals surface area (Å²) in [6.45, 7) is 3.71. The van der Waals surface area contributed by atoms with Gasteiger partial charge in [-0.1, -0.05) is 17.7 Å². The molecule has 0 saturated carbocycles. The summed E-state index contributed by atoms with van der Waals surface area (Å²) in [5.74, 6) is -2.85. The van der Waals surface area contributed by atoms with Gasteiger partial charge in [0.2, 0.25) is 0 Å². The number of benzene rings is 1. The highest BCUT2D eigenvalue weighted by Crippen LogP contribution is 2.35. The summed E-state index contributed by atoms with van der Waals surface area (Å²) in [7, 11) is 0. The van der Waals surface area contributed by atoms with Crippen LogP contribution in [0.2, 0.25) is 0 Å². The van der Waals surface area contributed by atoms with Crippen LogP contribution in [-0.2, 0) is 0 Å². The van der Waals surface area contributed by atoms with E-state index in [1.54, 1.807) is 23.6 Å².